The van der Waals surface area contributed by atoms with E-state index in [1.165, 1.54) is 32.5 Å². The van der Waals surface area contributed by atoms with Gasteiger partial charge in [0.2, 0.25) is 11.7 Å². The van der Waals surface area contributed by atoms with Gasteiger partial charge in [-0.15, -0.1) is 28.1 Å². The second-order valence-corrected chi connectivity index (χ2v) is 9.40. The third kappa shape index (κ3) is 3.30. The molecular formula is C22H18N6O2S2. The van der Waals surface area contributed by atoms with Gasteiger partial charge in [0.25, 0.3) is 5.56 Å². The van der Waals surface area contributed by atoms with Crippen molar-refractivity contribution in [3.63, 3.8) is 0 Å². The van der Waals surface area contributed by atoms with Gasteiger partial charge in [-0.2, -0.15) is 5.26 Å². The summed E-state index contributed by atoms with van der Waals surface area (Å²) in [7, 11) is 0. The van der Waals surface area contributed by atoms with Crippen LogP contribution in [0, 0.1) is 11.3 Å². The number of nitrogens with zero attached hydrogens (tertiary/aromatic N) is 5. The summed E-state index contributed by atoms with van der Waals surface area (Å²) in [4.78, 5) is 26.7. The van der Waals surface area contributed by atoms with E-state index in [4.69, 9.17) is 0 Å². The number of benzene rings is 1. The first kappa shape index (κ1) is 20.5. The van der Waals surface area contributed by atoms with Crippen molar-refractivity contribution in [1.29, 1.82) is 5.26 Å². The first-order valence-electron chi connectivity index (χ1n) is 10.1. The smallest absolute Gasteiger partial charge is 0.263 e. The first-order valence-corrected chi connectivity index (χ1v) is 11.9. The van der Waals surface area contributed by atoms with Crippen molar-refractivity contribution < 1.29 is 4.79 Å². The Kier molecular flexibility index (Phi) is 5.28. The number of rotatable bonds is 6. The van der Waals surface area contributed by atoms with E-state index in [2.05, 4.69) is 28.2 Å². The van der Waals surface area contributed by atoms with Crippen LogP contribution in [0.5, 0.6) is 0 Å². The number of fused-ring (bicyclic) bond motifs is 4. The summed E-state index contributed by atoms with van der Waals surface area (Å²) < 4.78 is 3.30. The van der Waals surface area contributed by atoms with Crippen molar-refractivity contribution >= 4 is 50.7 Å². The predicted octanol–water partition coefficient (Wildman–Crippen LogP) is 3.38. The molecule has 0 radical (unpaired) electrons. The molecule has 0 saturated carbocycles. The number of thiophene rings is 1. The number of thioether (sulfide) groups is 1. The van der Waals surface area contributed by atoms with Crippen LogP contribution in [0.25, 0.3) is 16.7 Å². The van der Waals surface area contributed by atoms with Crippen LogP contribution in [-0.4, -0.2) is 30.8 Å². The van der Waals surface area contributed by atoms with Crippen molar-refractivity contribution in [3.05, 3.63) is 63.3 Å². The molecule has 1 aromatic carbocycles. The fourth-order valence-corrected chi connectivity index (χ4v) is 6.02. The lowest BCUT2D eigenvalue weighted by Gasteiger charge is -2.09. The SMILES string of the molecule is C=CCn1c(=O)c2ccccc2n2c(SCC(=O)Nc3sc4c(c3C#N)CCC4)nnc12. The van der Waals surface area contributed by atoms with Crippen LogP contribution >= 0.6 is 23.1 Å². The number of amides is 1. The maximum atomic E-state index is 12.9. The lowest BCUT2D eigenvalue weighted by atomic mass is 10.1. The van der Waals surface area contributed by atoms with E-state index in [0.29, 0.717) is 38.9 Å². The number of hydrogen-bond donors (Lipinski definition) is 1. The fraction of sp³-hybridized carbons (Fsp3) is 0.227. The van der Waals surface area contributed by atoms with Crippen LogP contribution in [-0.2, 0) is 24.2 Å². The Morgan fingerprint density at radius 1 is 1.34 bits per heavy atom. The first-order chi connectivity index (χ1) is 15.6. The molecule has 1 N–H and O–H groups in total. The third-order valence-electron chi connectivity index (χ3n) is 5.41. The Hall–Kier alpha value is -3.42. The molecule has 32 heavy (non-hydrogen) atoms. The van der Waals surface area contributed by atoms with Crippen molar-refractivity contribution in [2.24, 2.45) is 0 Å². The number of nitriles is 1. The van der Waals surface area contributed by atoms with Crippen LogP contribution in [0.1, 0.15) is 22.4 Å². The maximum Gasteiger partial charge on any atom is 0.263 e. The number of nitrogens with one attached hydrogen (secondary N) is 1. The highest BCUT2D eigenvalue weighted by Crippen LogP contribution is 2.38. The van der Waals surface area contributed by atoms with Gasteiger partial charge in [0.05, 0.1) is 22.2 Å². The molecule has 160 valence electrons. The van der Waals surface area contributed by atoms with Crippen LogP contribution in [0.4, 0.5) is 5.00 Å². The van der Waals surface area contributed by atoms with E-state index in [1.807, 2.05) is 18.2 Å². The zero-order chi connectivity index (χ0) is 22.2. The molecule has 0 unspecified atom stereocenters. The van der Waals surface area contributed by atoms with Gasteiger partial charge in [-0.25, -0.2) is 0 Å². The molecule has 3 aromatic heterocycles. The van der Waals surface area contributed by atoms with Crippen LogP contribution in [0.15, 0.2) is 46.9 Å². The highest BCUT2D eigenvalue weighted by molar-refractivity contribution is 7.99. The average molecular weight is 463 g/mol. The largest absolute Gasteiger partial charge is 0.316 e. The monoisotopic (exact) mass is 462 g/mol. The number of carbonyl (C=O) groups is 1. The van der Waals surface area contributed by atoms with E-state index in [-0.39, 0.29) is 17.2 Å². The summed E-state index contributed by atoms with van der Waals surface area (Å²) in [5, 5.41) is 22.5. The average Bonchev–Trinajstić information content (AvgIpc) is 3.50. The van der Waals surface area contributed by atoms with Crippen molar-refractivity contribution in [2.75, 3.05) is 11.1 Å². The number of carbonyl (C=O) groups excluding carboxylic acids is 1. The number of anilines is 1. The minimum Gasteiger partial charge on any atom is -0.316 e. The van der Waals surface area contributed by atoms with E-state index >= 15 is 0 Å². The summed E-state index contributed by atoms with van der Waals surface area (Å²) >= 11 is 2.73. The van der Waals surface area contributed by atoms with Crippen LogP contribution < -0.4 is 10.9 Å². The number of hydrogen-bond acceptors (Lipinski definition) is 7. The highest BCUT2D eigenvalue weighted by atomic mass is 32.2. The normalized spacial score (nSPS) is 12.7. The molecule has 3 heterocycles. The maximum absolute atomic E-state index is 12.9. The van der Waals surface area contributed by atoms with Gasteiger partial charge in [0.15, 0.2) is 5.16 Å². The molecule has 5 rings (SSSR count). The molecule has 0 atom stereocenters. The third-order valence-corrected chi connectivity index (χ3v) is 7.54. The molecular weight excluding hydrogens is 444 g/mol. The van der Waals surface area contributed by atoms with Crippen molar-refractivity contribution in [2.45, 2.75) is 31.0 Å². The minimum absolute atomic E-state index is 0.100. The summed E-state index contributed by atoms with van der Waals surface area (Å²) in [6.45, 7) is 4.03. The highest BCUT2D eigenvalue weighted by Gasteiger charge is 2.23. The van der Waals surface area contributed by atoms with Gasteiger partial charge in [-0.3, -0.25) is 18.6 Å². The van der Waals surface area contributed by atoms with Crippen LogP contribution in [0.3, 0.4) is 0 Å². The zero-order valence-corrected chi connectivity index (χ0v) is 18.6. The van der Waals surface area contributed by atoms with Gasteiger partial charge in [0.1, 0.15) is 11.1 Å². The Bertz CT molecular complexity index is 1490. The predicted molar refractivity (Wildman–Crippen MR) is 125 cm³/mol. The van der Waals surface area contributed by atoms with Crippen molar-refractivity contribution in [3.8, 4) is 6.07 Å². The minimum atomic E-state index is -0.216. The number of allylic oxidation sites excluding steroid dienone is 1. The van der Waals surface area contributed by atoms with Crippen LogP contribution in [0.2, 0.25) is 0 Å². The molecule has 0 aliphatic heterocycles. The quantitative estimate of drug-likeness (QED) is 0.348. The standard InChI is InChI=1S/C22H18N6O2S2/c1-2-10-27-20(30)14-6-3-4-8-16(14)28-21(27)25-26-22(28)31-12-18(29)24-19-15(11-23)13-7-5-9-17(13)32-19/h2-4,6,8H,1,5,7,9-10,12H2,(H,24,29). The van der Waals surface area contributed by atoms with Gasteiger partial charge >= 0.3 is 0 Å². The van der Waals surface area contributed by atoms with E-state index < -0.39 is 0 Å². The second-order valence-electron chi connectivity index (χ2n) is 7.35. The number of aromatic nitrogens is 4. The molecule has 4 aromatic rings. The molecule has 10 heteroatoms. The lowest BCUT2D eigenvalue weighted by molar-refractivity contribution is -0.113. The topological polar surface area (TPSA) is 105 Å². The Balaban J connectivity index is 1.44. The van der Waals surface area contributed by atoms with E-state index in [0.717, 1.165) is 24.8 Å². The molecule has 1 aliphatic rings. The summed E-state index contributed by atoms with van der Waals surface area (Å²) in [5.74, 6) is 0.285. The summed E-state index contributed by atoms with van der Waals surface area (Å²) in [5.41, 5.74) is 2.19. The number of para-hydroxylation sites is 1. The Morgan fingerprint density at radius 2 is 2.19 bits per heavy atom. The molecule has 0 fully saturated rings. The molecule has 0 saturated heterocycles. The van der Waals surface area contributed by atoms with Gasteiger partial charge in [-0.05, 0) is 37.0 Å². The van der Waals surface area contributed by atoms with Gasteiger partial charge in [-0.1, -0.05) is 30.0 Å². The fourth-order valence-electron chi connectivity index (χ4n) is 4.02. The van der Waals surface area contributed by atoms with Crippen molar-refractivity contribution in [1.82, 2.24) is 19.2 Å². The molecule has 1 aliphatic carbocycles. The van der Waals surface area contributed by atoms with E-state index in [1.54, 1.807) is 16.5 Å². The molecule has 1 amide bonds. The van der Waals surface area contributed by atoms with Gasteiger partial charge < -0.3 is 5.32 Å². The summed E-state index contributed by atoms with van der Waals surface area (Å²) in [6, 6.07) is 9.49. The summed E-state index contributed by atoms with van der Waals surface area (Å²) in [6.07, 6.45) is 4.55. The lowest BCUT2D eigenvalue weighted by Crippen LogP contribution is -2.22. The molecule has 8 nitrogen and oxygen atoms in total. The Morgan fingerprint density at radius 3 is 3.00 bits per heavy atom. The second kappa shape index (κ2) is 8.26. The zero-order valence-electron chi connectivity index (χ0n) is 17.0. The van der Waals surface area contributed by atoms with Gasteiger partial charge in [0, 0.05) is 11.4 Å². The number of aryl methyl sites for hydroxylation is 1. The molecule has 0 spiro atoms. The Labute approximate surface area is 191 Å². The molecule has 0 bridgehead atoms. The van der Waals surface area contributed by atoms with E-state index in [9.17, 15) is 14.9 Å².